The van der Waals surface area contributed by atoms with Crippen molar-refractivity contribution in [3.63, 3.8) is 0 Å². The van der Waals surface area contributed by atoms with Gasteiger partial charge in [0, 0.05) is 23.8 Å². The first-order valence-electron chi connectivity index (χ1n) is 7.94. The molecule has 0 radical (unpaired) electrons. The summed E-state index contributed by atoms with van der Waals surface area (Å²) in [5.41, 5.74) is 8.01. The van der Waals surface area contributed by atoms with Gasteiger partial charge in [-0.1, -0.05) is 23.8 Å². The highest BCUT2D eigenvalue weighted by Crippen LogP contribution is 2.20. The lowest BCUT2D eigenvalue weighted by molar-refractivity contribution is 0.0940. The van der Waals surface area contributed by atoms with E-state index in [1.807, 2.05) is 19.1 Å². The monoisotopic (exact) mass is 397 g/mol. The lowest BCUT2D eigenvalue weighted by Gasteiger charge is -2.14. The topological polar surface area (TPSA) is 101 Å². The van der Waals surface area contributed by atoms with Crippen molar-refractivity contribution in [2.24, 2.45) is 5.73 Å². The van der Waals surface area contributed by atoms with Crippen molar-refractivity contribution in [2.45, 2.75) is 31.7 Å². The molecular formula is C18H24ClN3O3S. The fraction of sp³-hybridized carbons (Fsp3) is 0.278. The van der Waals surface area contributed by atoms with E-state index in [0.29, 0.717) is 23.4 Å². The summed E-state index contributed by atoms with van der Waals surface area (Å²) >= 11 is 0. The van der Waals surface area contributed by atoms with Gasteiger partial charge in [0.25, 0.3) is 15.9 Å². The molecule has 0 heterocycles. The highest BCUT2D eigenvalue weighted by atomic mass is 35.5. The molecule has 2 rings (SSSR count). The summed E-state index contributed by atoms with van der Waals surface area (Å²) in [7, 11) is -3.79. The van der Waals surface area contributed by atoms with Crippen molar-refractivity contribution < 1.29 is 13.2 Å². The number of nitrogens with two attached hydrogens (primary N) is 1. The number of anilines is 1. The number of aryl methyl sites for hydroxylation is 2. The summed E-state index contributed by atoms with van der Waals surface area (Å²) in [6, 6.07) is 11.3. The maximum atomic E-state index is 12.6. The molecule has 0 aliphatic rings. The quantitative estimate of drug-likeness (QED) is 0.697. The third-order valence-electron chi connectivity index (χ3n) is 3.80. The maximum Gasteiger partial charge on any atom is 0.261 e. The van der Waals surface area contributed by atoms with E-state index in [4.69, 9.17) is 5.73 Å². The van der Waals surface area contributed by atoms with E-state index in [9.17, 15) is 13.2 Å². The molecule has 1 amide bonds. The Morgan fingerprint density at radius 2 is 1.73 bits per heavy atom. The van der Waals surface area contributed by atoms with Crippen molar-refractivity contribution in [1.29, 1.82) is 0 Å². The van der Waals surface area contributed by atoms with Gasteiger partial charge in [0.05, 0.1) is 4.90 Å². The van der Waals surface area contributed by atoms with Gasteiger partial charge in [-0.2, -0.15) is 0 Å². The molecule has 0 aliphatic heterocycles. The van der Waals surface area contributed by atoms with Gasteiger partial charge < -0.3 is 11.1 Å². The number of carbonyl (C=O) groups is 1. The lowest BCUT2D eigenvalue weighted by Crippen LogP contribution is -2.38. The smallest absolute Gasteiger partial charge is 0.261 e. The predicted molar refractivity (Wildman–Crippen MR) is 106 cm³/mol. The van der Waals surface area contributed by atoms with Crippen LogP contribution in [0.3, 0.4) is 0 Å². The number of rotatable bonds is 6. The Kier molecular flexibility index (Phi) is 7.62. The number of hydrogen-bond acceptors (Lipinski definition) is 4. The van der Waals surface area contributed by atoms with E-state index < -0.39 is 10.0 Å². The van der Waals surface area contributed by atoms with Crippen LogP contribution in [0.25, 0.3) is 0 Å². The van der Waals surface area contributed by atoms with Crippen LogP contribution in [0.15, 0.2) is 47.4 Å². The van der Waals surface area contributed by atoms with Gasteiger partial charge in [-0.25, -0.2) is 8.42 Å². The summed E-state index contributed by atoms with van der Waals surface area (Å²) in [5, 5.41) is 2.74. The number of nitrogens with one attached hydrogen (secondary N) is 2. The number of halogens is 1. The number of benzene rings is 2. The molecule has 1 atom stereocenters. The SMILES string of the molecule is Cc1ccc(NS(=O)(=O)c2ccc(C)c(C(=O)N[C@@H](C)CN)c2)cc1.Cl. The molecule has 0 aromatic heterocycles. The minimum Gasteiger partial charge on any atom is -0.348 e. The van der Waals surface area contributed by atoms with Crippen LogP contribution in [0.2, 0.25) is 0 Å². The first-order chi connectivity index (χ1) is 11.7. The standard InChI is InChI=1S/C18H23N3O3S.ClH/c1-12-4-7-15(8-5-12)21-25(23,24)16-9-6-13(2)17(10-16)18(22)20-14(3)11-19;/h4-10,14,21H,11,19H2,1-3H3,(H,20,22);1H/t14-;/m0./s1. The van der Waals surface area contributed by atoms with Crippen LogP contribution < -0.4 is 15.8 Å². The zero-order valence-corrected chi connectivity index (χ0v) is 16.6. The van der Waals surface area contributed by atoms with Crippen LogP contribution in [0, 0.1) is 13.8 Å². The Morgan fingerprint density at radius 1 is 1.12 bits per heavy atom. The third kappa shape index (κ3) is 5.45. The van der Waals surface area contributed by atoms with Crippen molar-refractivity contribution in [1.82, 2.24) is 5.32 Å². The van der Waals surface area contributed by atoms with Gasteiger partial charge in [-0.15, -0.1) is 12.4 Å². The summed E-state index contributed by atoms with van der Waals surface area (Å²) in [5.74, 6) is -0.345. The van der Waals surface area contributed by atoms with Crippen molar-refractivity contribution in [2.75, 3.05) is 11.3 Å². The second-order valence-electron chi connectivity index (χ2n) is 6.06. The molecule has 0 saturated heterocycles. The number of hydrogen-bond donors (Lipinski definition) is 3. The van der Waals surface area contributed by atoms with Gasteiger partial charge >= 0.3 is 0 Å². The third-order valence-corrected chi connectivity index (χ3v) is 5.18. The molecule has 26 heavy (non-hydrogen) atoms. The average Bonchev–Trinajstić information content (AvgIpc) is 2.56. The van der Waals surface area contributed by atoms with Gasteiger partial charge in [0.2, 0.25) is 0 Å². The van der Waals surface area contributed by atoms with E-state index >= 15 is 0 Å². The van der Waals surface area contributed by atoms with Crippen LogP contribution >= 0.6 is 12.4 Å². The van der Waals surface area contributed by atoms with Crippen LogP contribution in [0.4, 0.5) is 5.69 Å². The lowest BCUT2D eigenvalue weighted by atomic mass is 10.1. The molecule has 6 nitrogen and oxygen atoms in total. The molecule has 0 spiro atoms. The van der Waals surface area contributed by atoms with Gasteiger partial charge in [-0.05, 0) is 50.6 Å². The van der Waals surface area contributed by atoms with Crippen molar-refractivity contribution in [3.8, 4) is 0 Å². The summed E-state index contributed by atoms with van der Waals surface area (Å²) in [6.45, 7) is 5.77. The fourth-order valence-electron chi connectivity index (χ4n) is 2.21. The predicted octanol–water partition coefficient (Wildman–Crippen LogP) is 2.60. The molecule has 0 aliphatic carbocycles. The molecule has 142 valence electrons. The van der Waals surface area contributed by atoms with Gasteiger partial charge in [-0.3, -0.25) is 9.52 Å². The number of carbonyl (C=O) groups excluding carboxylic acids is 1. The zero-order chi connectivity index (χ0) is 18.6. The van der Waals surface area contributed by atoms with Gasteiger partial charge in [0.15, 0.2) is 0 Å². The molecule has 0 saturated carbocycles. The molecule has 4 N–H and O–H groups in total. The van der Waals surface area contributed by atoms with E-state index in [2.05, 4.69) is 10.0 Å². The molecule has 8 heteroatoms. The van der Waals surface area contributed by atoms with Crippen LogP contribution in [-0.2, 0) is 10.0 Å². The molecule has 2 aromatic carbocycles. The van der Waals surface area contributed by atoms with E-state index in [0.717, 1.165) is 5.56 Å². The Morgan fingerprint density at radius 3 is 2.31 bits per heavy atom. The molecule has 2 aromatic rings. The Balaban J connectivity index is 0.00000338. The highest BCUT2D eigenvalue weighted by Gasteiger charge is 2.19. The first-order valence-corrected chi connectivity index (χ1v) is 9.42. The average molecular weight is 398 g/mol. The molecule has 0 bridgehead atoms. The van der Waals surface area contributed by atoms with Crippen LogP contribution in [-0.4, -0.2) is 26.9 Å². The Labute approximate surface area is 160 Å². The molecule has 0 fully saturated rings. The Hall–Kier alpha value is -2.09. The summed E-state index contributed by atoms with van der Waals surface area (Å²) in [6.07, 6.45) is 0. The zero-order valence-electron chi connectivity index (χ0n) is 14.9. The summed E-state index contributed by atoms with van der Waals surface area (Å²) in [4.78, 5) is 12.4. The normalized spacial score (nSPS) is 12.0. The first kappa shape index (κ1) is 22.0. The molecular weight excluding hydrogens is 374 g/mol. The number of sulfonamides is 1. The minimum absolute atomic E-state index is 0. The van der Waals surface area contributed by atoms with Crippen molar-refractivity contribution >= 4 is 34.0 Å². The van der Waals surface area contributed by atoms with Gasteiger partial charge in [0.1, 0.15) is 0 Å². The van der Waals surface area contributed by atoms with E-state index in [1.54, 1.807) is 32.0 Å². The second kappa shape index (κ2) is 9.02. The van der Waals surface area contributed by atoms with E-state index in [-0.39, 0.29) is 29.3 Å². The second-order valence-corrected chi connectivity index (χ2v) is 7.74. The van der Waals surface area contributed by atoms with Crippen molar-refractivity contribution in [3.05, 3.63) is 59.2 Å². The maximum absolute atomic E-state index is 12.6. The molecule has 0 unspecified atom stereocenters. The highest BCUT2D eigenvalue weighted by molar-refractivity contribution is 7.92. The van der Waals surface area contributed by atoms with Crippen LogP contribution in [0.1, 0.15) is 28.4 Å². The largest absolute Gasteiger partial charge is 0.348 e. The number of amides is 1. The minimum atomic E-state index is -3.79. The summed E-state index contributed by atoms with van der Waals surface area (Å²) < 4.78 is 27.7. The van der Waals surface area contributed by atoms with Crippen LogP contribution in [0.5, 0.6) is 0 Å². The Bertz CT molecular complexity index is 868. The fourth-order valence-corrected chi connectivity index (χ4v) is 3.29. The van der Waals surface area contributed by atoms with E-state index in [1.165, 1.54) is 12.1 Å².